The molecule has 0 unspecified atom stereocenters. The van der Waals surface area contributed by atoms with Gasteiger partial charge in [0, 0.05) is 30.1 Å². The van der Waals surface area contributed by atoms with Crippen molar-refractivity contribution >= 4 is 5.69 Å². The predicted octanol–water partition coefficient (Wildman–Crippen LogP) is 1.36. The lowest BCUT2D eigenvalue weighted by atomic mass is 10.2. The molecule has 0 radical (unpaired) electrons. The number of rotatable bonds is 6. The second-order valence-electron chi connectivity index (χ2n) is 3.82. The van der Waals surface area contributed by atoms with Gasteiger partial charge in [-0.05, 0) is 12.1 Å². The van der Waals surface area contributed by atoms with Crippen LogP contribution in [0.3, 0.4) is 0 Å². The molecule has 0 atom stereocenters. The zero-order valence-electron chi connectivity index (χ0n) is 10.1. The van der Waals surface area contributed by atoms with E-state index in [0.717, 1.165) is 0 Å². The fourth-order valence-electron chi connectivity index (χ4n) is 1.63. The topological polar surface area (TPSA) is 90.4 Å². The Morgan fingerprint density at radius 2 is 2.32 bits per heavy atom. The molecule has 2 rings (SSSR count). The average Bonchev–Trinajstić information content (AvgIpc) is 2.92. The first-order valence-electron chi connectivity index (χ1n) is 5.69. The summed E-state index contributed by atoms with van der Waals surface area (Å²) in [6, 6.07) is 5.96. The standard InChI is InChI=1S/C12H13N3O4/c16-9-10-8-11(15(17)18)2-3-12(10)19-7-6-14-5-1-4-13-14/h1-5,8,16H,6-7,9H2. The summed E-state index contributed by atoms with van der Waals surface area (Å²) in [5.74, 6) is 0.445. The Morgan fingerprint density at radius 1 is 1.47 bits per heavy atom. The summed E-state index contributed by atoms with van der Waals surface area (Å²) in [7, 11) is 0. The zero-order chi connectivity index (χ0) is 13.7. The van der Waals surface area contributed by atoms with Gasteiger partial charge in [0.05, 0.1) is 18.1 Å². The molecule has 100 valence electrons. The Hall–Kier alpha value is -2.41. The number of nitro benzene ring substituents is 1. The quantitative estimate of drug-likeness (QED) is 0.627. The minimum Gasteiger partial charge on any atom is -0.491 e. The predicted molar refractivity (Wildman–Crippen MR) is 66.7 cm³/mol. The van der Waals surface area contributed by atoms with E-state index in [1.165, 1.54) is 18.2 Å². The Balaban J connectivity index is 2.01. The molecule has 1 N–H and O–H groups in total. The van der Waals surface area contributed by atoms with Crippen LogP contribution in [0, 0.1) is 10.1 Å². The highest BCUT2D eigenvalue weighted by molar-refractivity contribution is 5.43. The third kappa shape index (κ3) is 3.29. The van der Waals surface area contributed by atoms with Crippen LogP contribution in [0.2, 0.25) is 0 Å². The number of non-ortho nitro benzene ring substituents is 1. The largest absolute Gasteiger partial charge is 0.491 e. The van der Waals surface area contributed by atoms with E-state index in [1.54, 1.807) is 10.9 Å². The summed E-state index contributed by atoms with van der Waals surface area (Å²) in [5.41, 5.74) is 0.332. The van der Waals surface area contributed by atoms with Crippen LogP contribution in [-0.2, 0) is 13.2 Å². The first kappa shape index (κ1) is 13.0. The summed E-state index contributed by atoms with van der Waals surface area (Å²) >= 11 is 0. The highest BCUT2D eigenvalue weighted by atomic mass is 16.6. The maximum atomic E-state index is 10.6. The van der Waals surface area contributed by atoms with E-state index in [1.807, 2.05) is 12.3 Å². The summed E-state index contributed by atoms with van der Waals surface area (Å²) < 4.78 is 7.20. The molecule has 0 fully saturated rings. The van der Waals surface area contributed by atoms with Gasteiger partial charge in [-0.1, -0.05) is 0 Å². The molecule has 1 aromatic heterocycles. The van der Waals surface area contributed by atoms with Crippen molar-refractivity contribution in [3.8, 4) is 5.75 Å². The average molecular weight is 263 g/mol. The van der Waals surface area contributed by atoms with Crippen LogP contribution in [0.5, 0.6) is 5.75 Å². The molecule has 0 spiro atoms. The molecular formula is C12H13N3O4. The molecule has 0 saturated heterocycles. The highest BCUT2D eigenvalue weighted by Gasteiger charge is 2.11. The van der Waals surface area contributed by atoms with Crippen LogP contribution < -0.4 is 4.74 Å². The van der Waals surface area contributed by atoms with Crippen molar-refractivity contribution in [2.24, 2.45) is 0 Å². The van der Waals surface area contributed by atoms with Gasteiger partial charge in [0.15, 0.2) is 0 Å². The zero-order valence-corrected chi connectivity index (χ0v) is 10.1. The van der Waals surface area contributed by atoms with E-state index < -0.39 is 4.92 Å². The number of hydrogen-bond acceptors (Lipinski definition) is 5. The van der Waals surface area contributed by atoms with E-state index in [-0.39, 0.29) is 12.3 Å². The van der Waals surface area contributed by atoms with E-state index in [4.69, 9.17) is 4.74 Å². The molecule has 0 amide bonds. The normalized spacial score (nSPS) is 10.4. The summed E-state index contributed by atoms with van der Waals surface area (Å²) in [6.07, 6.45) is 3.48. The third-order valence-corrected chi connectivity index (χ3v) is 2.56. The summed E-state index contributed by atoms with van der Waals surface area (Å²) in [5, 5.41) is 23.8. The summed E-state index contributed by atoms with van der Waals surface area (Å²) in [4.78, 5) is 10.1. The van der Waals surface area contributed by atoms with Gasteiger partial charge < -0.3 is 9.84 Å². The van der Waals surface area contributed by atoms with Gasteiger partial charge in [0.2, 0.25) is 0 Å². The minimum atomic E-state index is -0.507. The smallest absolute Gasteiger partial charge is 0.270 e. The monoisotopic (exact) mass is 263 g/mol. The molecular weight excluding hydrogens is 250 g/mol. The van der Waals surface area contributed by atoms with Crippen molar-refractivity contribution in [3.63, 3.8) is 0 Å². The van der Waals surface area contributed by atoms with Gasteiger partial charge in [-0.2, -0.15) is 5.10 Å². The SMILES string of the molecule is O=[N+]([O-])c1ccc(OCCn2cccn2)c(CO)c1. The van der Waals surface area contributed by atoms with Crippen LogP contribution in [0.1, 0.15) is 5.56 Å². The molecule has 19 heavy (non-hydrogen) atoms. The van der Waals surface area contributed by atoms with E-state index in [0.29, 0.717) is 24.5 Å². The number of ether oxygens (including phenoxy) is 1. The van der Waals surface area contributed by atoms with E-state index in [9.17, 15) is 15.2 Å². The fraction of sp³-hybridized carbons (Fsp3) is 0.250. The van der Waals surface area contributed by atoms with Crippen LogP contribution >= 0.6 is 0 Å². The maximum Gasteiger partial charge on any atom is 0.270 e. The second-order valence-corrected chi connectivity index (χ2v) is 3.82. The van der Waals surface area contributed by atoms with Gasteiger partial charge in [0.25, 0.3) is 5.69 Å². The number of nitrogens with zero attached hydrogens (tertiary/aromatic N) is 3. The molecule has 0 saturated carbocycles. The Bertz CT molecular complexity index is 554. The van der Waals surface area contributed by atoms with E-state index >= 15 is 0 Å². The first-order chi connectivity index (χ1) is 9.20. The van der Waals surface area contributed by atoms with Crippen molar-refractivity contribution in [3.05, 3.63) is 52.3 Å². The number of nitro groups is 1. The van der Waals surface area contributed by atoms with Gasteiger partial charge in [0.1, 0.15) is 12.4 Å². The Kier molecular flexibility index (Phi) is 4.09. The molecule has 1 heterocycles. The third-order valence-electron chi connectivity index (χ3n) is 2.56. The Morgan fingerprint density at radius 3 is 2.95 bits per heavy atom. The number of aliphatic hydroxyl groups excluding tert-OH is 1. The van der Waals surface area contributed by atoms with E-state index in [2.05, 4.69) is 5.10 Å². The highest BCUT2D eigenvalue weighted by Crippen LogP contribution is 2.24. The van der Waals surface area contributed by atoms with Crippen molar-refractivity contribution in [2.75, 3.05) is 6.61 Å². The van der Waals surface area contributed by atoms with Gasteiger partial charge in [-0.25, -0.2) is 0 Å². The lowest BCUT2D eigenvalue weighted by molar-refractivity contribution is -0.385. The Labute approximate surface area is 109 Å². The first-order valence-corrected chi connectivity index (χ1v) is 5.69. The molecule has 1 aromatic carbocycles. The minimum absolute atomic E-state index is 0.0662. The molecule has 0 aliphatic carbocycles. The van der Waals surface area contributed by atoms with Crippen LogP contribution in [-0.4, -0.2) is 26.4 Å². The van der Waals surface area contributed by atoms with Crippen LogP contribution in [0.15, 0.2) is 36.7 Å². The van der Waals surface area contributed by atoms with Crippen LogP contribution in [0.25, 0.3) is 0 Å². The number of hydrogen-bond donors (Lipinski definition) is 1. The number of benzene rings is 1. The van der Waals surface area contributed by atoms with Gasteiger partial charge >= 0.3 is 0 Å². The van der Waals surface area contributed by atoms with Gasteiger partial charge in [-0.15, -0.1) is 0 Å². The maximum absolute atomic E-state index is 10.6. The number of aromatic nitrogens is 2. The van der Waals surface area contributed by atoms with Crippen molar-refractivity contribution in [2.45, 2.75) is 13.2 Å². The summed E-state index contributed by atoms with van der Waals surface area (Å²) in [6.45, 7) is 0.625. The molecule has 0 bridgehead atoms. The van der Waals surface area contributed by atoms with Crippen LogP contribution in [0.4, 0.5) is 5.69 Å². The lowest BCUT2D eigenvalue weighted by Crippen LogP contribution is -2.09. The molecule has 7 heteroatoms. The van der Waals surface area contributed by atoms with Crippen molar-refractivity contribution in [1.82, 2.24) is 9.78 Å². The molecule has 0 aliphatic heterocycles. The molecule has 0 aliphatic rings. The molecule has 7 nitrogen and oxygen atoms in total. The number of aliphatic hydroxyl groups is 1. The fourth-order valence-corrected chi connectivity index (χ4v) is 1.63. The molecule has 2 aromatic rings. The van der Waals surface area contributed by atoms with Crippen molar-refractivity contribution < 1.29 is 14.8 Å². The van der Waals surface area contributed by atoms with Gasteiger partial charge in [-0.3, -0.25) is 14.8 Å². The van der Waals surface area contributed by atoms with Crippen molar-refractivity contribution in [1.29, 1.82) is 0 Å². The lowest BCUT2D eigenvalue weighted by Gasteiger charge is -2.10. The second kappa shape index (κ2) is 5.96.